The number of benzene rings is 1. The molecule has 1 aliphatic rings. The van der Waals surface area contributed by atoms with E-state index in [4.69, 9.17) is 62.8 Å². The van der Waals surface area contributed by atoms with Gasteiger partial charge >= 0.3 is 23.9 Å². The molecule has 150 valence electrons. The molecule has 2 rings (SSSR count). The maximum absolute atomic E-state index is 9.10. The summed E-state index contributed by atoms with van der Waals surface area (Å²) in [6.07, 6.45) is 2.50. The zero-order valence-corrected chi connectivity index (χ0v) is 15.3. The topological polar surface area (TPSA) is 173 Å². The number of halogens is 2. The van der Waals surface area contributed by atoms with Crippen LogP contribution < -0.4 is 10.6 Å². The number of hydrogen-bond acceptors (Lipinski definition) is 6. The smallest absolute Gasteiger partial charge is 0.414 e. The Labute approximate surface area is 163 Å². The number of aliphatic carboxylic acids is 4. The second kappa shape index (κ2) is 12.7. The van der Waals surface area contributed by atoms with Crippen LogP contribution in [0.5, 0.6) is 0 Å². The van der Waals surface area contributed by atoms with Crippen molar-refractivity contribution in [2.24, 2.45) is 0 Å². The van der Waals surface area contributed by atoms with Crippen molar-refractivity contribution < 1.29 is 39.6 Å². The lowest BCUT2D eigenvalue weighted by Crippen LogP contribution is -2.29. The number of anilines is 1. The molecule has 0 radical (unpaired) electrons. The average Bonchev–Trinajstić information content (AvgIpc) is 3.06. The number of hydrogen-bond donors (Lipinski definition) is 6. The third-order valence-electron chi connectivity index (χ3n) is 2.94. The molecule has 0 saturated carbocycles. The van der Waals surface area contributed by atoms with Crippen LogP contribution in [-0.2, 0) is 19.2 Å². The lowest BCUT2D eigenvalue weighted by atomic mass is 10.2. The molecule has 1 aromatic rings. The minimum Gasteiger partial charge on any atom is -0.473 e. The molecule has 0 aliphatic carbocycles. The lowest BCUT2D eigenvalue weighted by molar-refractivity contribution is -0.159. The second-order valence-electron chi connectivity index (χ2n) is 5.05. The molecule has 0 spiro atoms. The maximum atomic E-state index is 9.10. The Morgan fingerprint density at radius 3 is 1.70 bits per heavy atom. The van der Waals surface area contributed by atoms with Gasteiger partial charge in [0.2, 0.25) is 0 Å². The highest BCUT2D eigenvalue weighted by Gasteiger charge is 2.13. The van der Waals surface area contributed by atoms with Gasteiger partial charge in [0.1, 0.15) is 0 Å². The minimum absolute atomic E-state index is 0.572. The van der Waals surface area contributed by atoms with Gasteiger partial charge in [-0.05, 0) is 37.6 Å². The fraction of sp³-hybridized carbons (Fsp3) is 0.333. The molecular weight excluding hydrogens is 407 g/mol. The minimum atomic E-state index is -1.82. The zero-order valence-electron chi connectivity index (χ0n) is 13.8. The van der Waals surface area contributed by atoms with Gasteiger partial charge in [-0.15, -0.1) is 0 Å². The van der Waals surface area contributed by atoms with E-state index in [1.165, 1.54) is 12.8 Å². The molecule has 0 bridgehead atoms. The van der Waals surface area contributed by atoms with Crippen molar-refractivity contribution in [3.05, 3.63) is 28.2 Å². The normalized spacial score (nSPS) is 14.7. The first-order valence-electron chi connectivity index (χ1n) is 7.38. The monoisotopic (exact) mass is 424 g/mol. The lowest BCUT2D eigenvalue weighted by Gasteiger charge is -2.12. The number of carboxylic acids is 4. The maximum Gasteiger partial charge on any atom is 0.414 e. The summed E-state index contributed by atoms with van der Waals surface area (Å²) in [7, 11) is 0. The van der Waals surface area contributed by atoms with E-state index in [-0.39, 0.29) is 0 Å². The van der Waals surface area contributed by atoms with E-state index in [0.717, 1.165) is 18.8 Å². The van der Waals surface area contributed by atoms with Crippen LogP contribution in [0.25, 0.3) is 0 Å². The Balaban J connectivity index is 0.000000470. The van der Waals surface area contributed by atoms with Crippen LogP contribution in [0.15, 0.2) is 18.2 Å². The Morgan fingerprint density at radius 1 is 0.926 bits per heavy atom. The first kappa shape index (κ1) is 24.4. The fourth-order valence-electron chi connectivity index (χ4n) is 1.83. The van der Waals surface area contributed by atoms with Crippen molar-refractivity contribution in [2.75, 3.05) is 18.4 Å². The molecule has 1 aliphatic heterocycles. The van der Waals surface area contributed by atoms with Gasteiger partial charge < -0.3 is 31.1 Å². The summed E-state index contributed by atoms with van der Waals surface area (Å²) in [5.41, 5.74) is 0.987. The number of carboxylic acid groups (broad SMARTS) is 4. The van der Waals surface area contributed by atoms with Gasteiger partial charge in [0, 0.05) is 28.3 Å². The first-order valence-corrected chi connectivity index (χ1v) is 8.14. The highest BCUT2D eigenvalue weighted by Crippen LogP contribution is 2.22. The van der Waals surface area contributed by atoms with Gasteiger partial charge in [0.15, 0.2) is 0 Å². The second-order valence-corrected chi connectivity index (χ2v) is 5.93. The summed E-state index contributed by atoms with van der Waals surface area (Å²) in [4.78, 5) is 36.4. The van der Waals surface area contributed by atoms with Crippen LogP contribution in [0.3, 0.4) is 0 Å². The molecule has 1 heterocycles. The molecule has 6 N–H and O–H groups in total. The summed E-state index contributed by atoms with van der Waals surface area (Å²) in [6.45, 7) is 2.05. The van der Waals surface area contributed by atoms with E-state index in [2.05, 4.69) is 10.6 Å². The molecule has 27 heavy (non-hydrogen) atoms. The van der Waals surface area contributed by atoms with Crippen LogP contribution in [0, 0.1) is 0 Å². The summed E-state index contributed by atoms with van der Waals surface area (Å²) in [5.74, 6) is -7.30. The van der Waals surface area contributed by atoms with E-state index < -0.39 is 23.9 Å². The number of rotatable bonds is 3. The highest BCUT2D eigenvalue weighted by molar-refractivity contribution is 6.35. The molecule has 1 aromatic carbocycles. The summed E-state index contributed by atoms with van der Waals surface area (Å²) >= 11 is 11.8. The molecule has 10 nitrogen and oxygen atoms in total. The molecule has 1 atom stereocenters. The van der Waals surface area contributed by atoms with E-state index in [9.17, 15) is 0 Å². The van der Waals surface area contributed by atoms with E-state index in [1.807, 2.05) is 12.1 Å². The van der Waals surface area contributed by atoms with Gasteiger partial charge in [0.25, 0.3) is 0 Å². The highest BCUT2D eigenvalue weighted by atomic mass is 35.5. The van der Waals surface area contributed by atoms with Crippen molar-refractivity contribution in [1.29, 1.82) is 0 Å². The predicted octanol–water partition coefficient (Wildman–Crippen LogP) is 1.47. The molecule has 12 heteroatoms. The van der Waals surface area contributed by atoms with E-state index in [1.54, 1.807) is 6.07 Å². The van der Waals surface area contributed by atoms with Crippen molar-refractivity contribution in [3.8, 4) is 0 Å². The Morgan fingerprint density at radius 2 is 1.37 bits per heavy atom. The van der Waals surface area contributed by atoms with Gasteiger partial charge in [-0.1, -0.05) is 23.2 Å². The van der Waals surface area contributed by atoms with Crippen molar-refractivity contribution in [3.63, 3.8) is 0 Å². The fourth-order valence-corrected chi connectivity index (χ4v) is 2.35. The number of carbonyl (C=O) groups is 4. The van der Waals surface area contributed by atoms with E-state index in [0.29, 0.717) is 16.1 Å². The number of nitrogens with one attached hydrogen (secondary N) is 2. The van der Waals surface area contributed by atoms with Crippen molar-refractivity contribution >= 4 is 52.8 Å². The molecular formula is C15H18Cl2N2O8. The van der Waals surface area contributed by atoms with Gasteiger partial charge in [-0.3, -0.25) is 0 Å². The van der Waals surface area contributed by atoms with Crippen LogP contribution in [0.4, 0.5) is 5.69 Å². The predicted molar refractivity (Wildman–Crippen MR) is 96.5 cm³/mol. The standard InChI is InChI=1S/C11H14Cl2N2.2C2H2O4/c12-8-4-9(13)6-11(5-8)15-7-10-2-1-3-14-10;2*3-1(4)2(5)6/h4-6,10,14-15H,1-3,7H2;2*(H,3,4)(H,5,6). The quantitative estimate of drug-likeness (QED) is 0.389. The van der Waals surface area contributed by atoms with Crippen LogP contribution in [0.2, 0.25) is 10.0 Å². The molecule has 1 saturated heterocycles. The molecule has 0 aromatic heterocycles. The molecule has 1 unspecified atom stereocenters. The zero-order chi connectivity index (χ0) is 21.0. The van der Waals surface area contributed by atoms with Crippen molar-refractivity contribution in [1.82, 2.24) is 5.32 Å². The third kappa shape index (κ3) is 12.4. The van der Waals surface area contributed by atoms with Gasteiger partial charge in [-0.25, -0.2) is 19.2 Å². The third-order valence-corrected chi connectivity index (χ3v) is 3.38. The molecule has 0 amide bonds. The SMILES string of the molecule is Clc1cc(Cl)cc(NCC2CCCN2)c1.O=C(O)C(=O)O.O=C(O)C(=O)O. The Kier molecular flexibility index (Phi) is 11.5. The first-order chi connectivity index (χ1) is 12.5. The van der Waals surface area contributed by atoms with Gasteiger partial charge in [-0.2, -0.15) is 0 Å². The van der Waals surface area contributed by atoms with E-state index >= 15 is 0 Å². The summed E-state index contributed by atoms with van der Waals surface area (Å²) in [6, 6.07) is 6.09. The van der Waals surface area contributed by atoms with Crippen molar-refractivity contribution in [2.45, 2.75) is 18.9 Å². The Bertz CT molecular complexity index is 610. The Hall–Kier alpha value is -2.56. The summed E-state index contributed by atoms with van der Waals surface area (Å²) in [5, 5.41) is 37.7. The largest absolute Gasteiger partial charge is 0.473 e. The van der Waals surface area contributed by atoms with Crippen LogP contribution >= 0.6 is 23.2 Å². The van der Waals surface area contributed by atoms with Crippen LogP contribution in [-0.4, -0.2) is 63.4 Å². The van der Waals surface area contributed by atoms with Gasteiger partial charge in [0.05, 0.1) is 0 Å². The average molecular weight is 425 g/mol. The summed E-state index contributed by atoms with van der Waals surface area (Å²) < 4.78 is 0. The van der Waals surface area contributed by atoms with Crippen LogP contribution in [0.1, 0.15) is 12.8 Å². The molecule has 1 fully saturated rings.